The maximum atomic E-state index is 13.1. The van der Waals surface area contributed by atoms with Crippen LogP contribution in [0.25, 0.3) is 5.65 Å². The van der Waals surface area contributed by atoms with Gasteiger partial charge in [0.05, 0.1) is 11.3 Å². The Labute approximate surface area is 199 Å². The van der Waals surface area contributed by atoms with Crippen molar-refractivity contribution in [1.82, 2.24) is 14.3 Å². The molecule has 2 heterocycles. The lowest BCUT2D eigenvalue weighted by molar-refractivity contribution is -0.120. The summed E-state index contributed by atoms with van der Waals surface area (Å²) in [7, 11) is 3.48. The summed E-state index contributed by atoms with van der Waals surface area (Å²) < 4.78 is 7.45. The molecule has 0 fully saturated rings. The molecule has 0 aliphatic heterocycles. The van der Waals surface area contributed by atoms with Gasteiger partial charge in [-0.1, -0.05) is 55.5 Å². The molecule has 4 rings (SSSR count). The van der Waals surface area contributed by atoms with Crippen LogP contribution in [-0.4, -0.2) is 46.8 Å². The topological polar surface area (TPSA) is 67.2 Å². The molecule has 0 atom stereocenters. The number of ether oxygens (including phenoxy) is 1. The fourth-order valence-corrected chi connectivity index (χ4v) is 3.83. The first-order chi connectivity index (χ1) is 16.5. The molecular formula is C27H28N4O3. The summed E-state index contributed by atoms with van der Waals surface area (Å²) in [6, 6.07) is 22.7. The second kappa shape index (κ2) is 10.2. The number of imidazole rings is 1. The first-order valence-corrected chi connectivity index (χ1v) is 11.2. The van der Waals surface area contributed by atoms with Crippen LogP contribution in [0.15, 0.2) is 79.0 Å². The van der Waals surface area contributed by atoms with Crippen molar-refractivity contribution in [3.8, 4) is 5.75 Å². The molecule has 0 unspecified atom stereocenters. The van der Waals surface area contributed by atoms with E-state index in [1.165, 1.54) is 0 Å². The molecule has 34 heavy (non-hydrogen) atoms. The van der Waals surface area contributed by atoms with Gasteiger partial charge < -0.3 is 9.64 Å². The van der Waals surface area contributed by atoms with E-state index >= 15 is 0 Å². The summed E-state index contributed by atoms with van der Waals surface area (Å²) in [6.45, 7) is 2.39. The molecule has 0 bridgehead atoms. The third-order valence-electron chi connectivity index (χ3n) is 5.65. The molecule has 4 aromatic rings. The van der Waals surface area contributed by atoms with E-state index in [4.69, 9.17) is 4.74 Å². The van der Waals surface area contributed by atoms with E-state index in [2.05, 4.69) is 4.98 Å². The van der Waals surface area contributed by atoms with Gasteiger partial charge in [-0.2, -0.15) is 0 Å². The molecule has 2 aromatic carbocycles. The molecule has 2 aromatic heterocycles. The quantitative estimate of drug-likeness (QED) is 0.398. The van der Waals surface area contributed by atoms with Gasteiger partial charge in [-0.15, -0.1) is 0 Å². The molecule has 0 N–H and O–H groups in total. The minimum absolute atomic E-state index is 0.102. The Morgan fingerprint density at radius 3 is 2.29 bits per heavy atom. The lowest BCUT2D eigenvalue weighted by Crippen LogP contribution is -2.33. The summed E-state index contributed by atoms with van der Waals surface area (Å²) in [4.78, 5) is 34.0. The fourth-order valence-electron chi connectivity index (χ4n) is 3.83. The zero-order valence-electron chi connectivity index (χ0n) is 19.6. The number of pyridine rings is 1. The highest BCUT2D eigenvalue weighted by atomic mass is 16.5. The number of hydrogen-bond acceptors (Lipinski definition) is 4. The number of likely N-dealkylation sites (N-methyl/N-ethyl adjacent to an activating group) is 1. The van der Waals surface area contributed by atoms with E-state index in [0.717, 1.165) is 11.3 Å². The van der Waals surface area contributed by atoms with Crippen LogP contribution in [0.1, 0.15) is 28.5 Å². The summed E-state index contributed by atoms with van der Waals surface area (Å²) in [5.41, 5.74) is 3.03. The average molecular weight is 457 g/mol. The standard InChI is InChI=1S/C27H28N4O3/c1-4-23-26(30(3)25(32)19-34-22-13-9-6-10-14-22)31-18-21(15-16-24(31)28-23)27(33)29(2)17-20-11-7-5-8-12-20/h5-16,18H,4,17,19H2,1-3H3. The Balaban J connectivity index is 1.58. The number of anilines is 1. The summed E-state index contributed by atoms with van der Waals surface area (Å²) in [5, 5.41) is 0. The average Bonchev–Trinajstić information content (AvgIpc) is 3.25. The lowest BCUT2D eigenvalue weighted by atomic mass is 10.2. The summed E-state index contributed by atoms with van der Waals surface area (Å²) in [5.74, 6) is 0.954. The van der Waals surface area contributed by atoms with E-state index in [1.54, 1.807) is 36.2 Å². The minimum atomic E-state index is -0.210. The number of nitrogens with zero attached hydrogens (tertiary/aromatic N) is 4. The monoisotopic (exact) mass is 456 g/mol. The number of hydrogen-bond donors (Lipinski definition) is 0. The zero-order valence-corrected chi connectivity index (χ0v) is 19.6. The summed E-state index contributed by atoms with van der Waals surface area (Å²) >= 11 is 0. The number of aromatic nitrogens is 2. The minimum Gasteiger partial charge on any atom is -0.484 e. The molecule has 0 saturated heterocycles. The Hall–Kier alpha value is -4.13. The highest BCUT2D eigenvalue weighted by molar-refractivity contribution is 5.96. The number of rotatable bonds is 8. The third kappa shape index (κ3) is 4.93. The molecule has 174 valence electrons. The van der Waals surface area contributed by atoms with E-state index in [1.807, 2.05) is 78.1 Å². The molecule has 0 radical (unpaired) electrons. The SMILES string of the molecule is CCc1nc2ccc(C(=O)N(C)Cc3ccccc3)cn2c1N(C)C(=O)COc1ccccc1. The van der Waals surface area contributed by atoms with Crippen molar-refractivity contribution in [2.45, 2.75) is 19.9 Å². The van der Waals surface area contributed by atoms with Crippen LogP contribution in [0.4, 0.5) is 5.82 Å². The van der Waals surface area contributed by atoms with E-state index in [9.17, 15) is 9.59 Å². The van der Waals surface area contributed by atoms with Gasteiger partial charge in [0.2, 0.25) is 0 Å². The van der Waals surface area contributed by atoms with Crippen molar-refractivity contribution in [2.75, 3.05) is 25.6 Å². The molecule has 2 amide bonds. The van der Waals surface area contributed by atoms with Crippen LogP contribution < -0.4 is 9.64 Å². The van der Waals surface area contributed by atoms with E-state index in [0.29, 0.717) is 35.7 Å². The number of aryl methyl sites for hydroxylation is 1. The van der Waals surface area contributed by atoms with Gasteiger partial charge in [-0.3, -0.25) is 18.9 Å². The normalized spacial score (nSPS) is 10.8. The van der Waals surface area contributed by atoms with Crippen molar-refractivity contribution >= 4 is 23.3 Å². The third-order valence-corrected chi connectivity index (χ3v) is 5.65. The van der Waals surface area contributed by atoms with Gasteiger partial charge in [-0.25, -0.2) is 4.98 Å². The van der Waals surface area contributed by atoms with E-state index < -0.39 is 0 Å². The van der Waals surface area contributed by atoms with Crippen LogP contribution in [0, 0.1) is 0 Å². The van der Waals surface area contributed by atoms with Crippen molar-refractivity contribution < 1.29 is 14.3 Å². The van der Waals surface area contributed by atoms with Crippen molar-refractivity contribution in [2.24, 2.45) is 0 Å². The maximum Gasteiger partial charge on any atom is 0.265 e. The van der Waals surface area contributed by atoms with Crippen LogP contribution in [-0.2, 0) is 17.8 Å². The molecule has 7 nitrogen and oxygen atoms in total. The first kappa shape index (κ1) is 23.0. The molecule has 0 saturated carbocycles. The zero-order chi connectivity index (χ0) is 24.1. The number of carbonyl (C=O) groups excluding carboxylic acids is 2. The maximum absolute atomic E-state index is 13.1. The Kier molecular flexibility index (Phi) is 6.92. The van der Waals surface area contributed by atoms with Gasteiger partial charge in [0.15, 0.2) is 6.61 Å². The van der Waals surface area contributed by atoms with Crippen molar-refractivity contribution in [3.63, 3.8) is 0 Å². The number of para-hydroxylation sites is 1. The van der Waals surface area contributed by atoms with Gasteiger partial charge in [0, 0.05) is 26.8 Å². The predicted molar refractivity (Wildman–Crippen MR) is 132 cm³/mol. The molecule has 0 aliphatic carbocycles. The van der Waals surface area contributed by atoms with Crippen LogP contribution in [0.3, 0.4) is 0 Å². The largest absolute Gasteiger partial charge is 0.484 e. The molecule has 0 spiro atoms. The van der Waals surface area contributed by atoms with Gasteiger partial charge in [-0.05, 0) is 36.2 Å². The van der Waals surface area contributed by atoms with Crippen LogP contribution in [0.5, 0.6) is 5.75 Å². The Morgan fingerprint density at radius 2 is 1.62 bits per heavy atom. The van der Waals surface area contributed by atoms with Gasteiger partial charge >= 0.3 is 0 Å². The smallest absolute Gasteiger partial charge is 0.265 e. The first-order valence-electron chi connectivity index (χ1n) is 11.2. The number of benzene rings is 2. The molecule has 0 aliphatic rings. The van der Waals surface area contributed by atoms with Crippen LogP contribution >= 0.6 is 0 Å². The Bertz CT molecular complexity index is 1290. The predicted octanol–water partition coefficient (Wildman–Crippen LogP) is 4.21. The van der Waals surface area contributed by atoms with Crippen LogP contribution in [0.2, 0.25) is 0 Å². The fraction of sp³-hybridized carbons (Fsp3) is 0.222. The van der Waals surface area contributed by atoms with Gasteiger partial charge in [0.25, 0.3) is 11.8 Å². The number of carbonyl (C=O) groups is 2. The van der Waals surface area contributed by atoms with E-state index in [-0.39, 0.29) is 18.4 Å². The lowest BCUT2D eigenvalue weighted by Gasteiger charge is -2.20. The van der Waals surface area contributed by atoms with Crippen molar-refractivity contribution in [3.05, 3.63) is 95.8 Å². The molecular weight excluding hydrogens is 428 g/mol. The second-order valence-electron chi connectivity index (χ2n) is 8.08. The van der Waals surface area contributed by atoms with Crippen molar-refractivity contribution in [1.29, 1.82) is 0 Å². The van der Waals surface area contributed by atoms with Gasteiger partial charge in [0.1, 0.15) is 17.2 Å². The summed E-state index contributed by atoms with van der Waals surface area (Å²) in [6.07, 6.45) is 2.40. The highest BCUT2D eigenvalue weighted by Crippen LogP contribution is 2.24. The second-order valence-corrected chi connectivity index (χ2v) is 8.08. The number of amides is 2. The number of fused-ring (bicyclic) bond motifs is 1. The Morgan fingerprint density at radius 1 is 0.941 bits per heavy atom. The molecule has 7 heteroatoms. The highest BCUT2D eigenvalue weighted by Gasteiger charge is 2.22.